The second kappa shape index (κ2) is 5.27. The van der Waals surface area contributed by atoms with E-state index in [1.807, 2.05) is 38.1 Å². The first-order chi connectivity index (χ1) is 8.15. The molecule has 0 unspecified atom stereocenters. The fourth-order valence-corrected chi connectivity index (χ4v) is 2.05. The number of halogens is 1. The van der Waals surface area contributed by atoms with Gasteiger partial charge in [0.05, 0.1) is 0 Å². The fraction of sp³-hybridized carbons (Fsp3) is 0.231. The van der Waals surface area contributed by atoms with E-state index >= 15 is 0 Å². The molecule has 1 aromatic carbocycles. The van der Waals surface area contributed by atoms with Crippen LogP contribution in [0.15, 0.2) is 34.8 Å². The van der Waals surface area contributed by atoms with Crippen LogP contribution in [-0.2, 0) is 6.54 Å². The van der Waals surface area contributed by atoms with E-state index in [2.05, 4.69) is 37.3 Å². The Balaban J connectivity index is 2.10. The summed E-state index contributed by atoms with van der Waals surface area (Å²) in [6.07, 6.45) is 0. The molecule has 0 amide bonds. The predicted molar refractivity (Wildman–Crippen MR) is 73.0 cm³/mol. The maximum atomic E-state index is 4.34. The minimum Gasteiger partial charge on any atom is -0.350 e. The number of benzene rings is 1. The Morgan fingerprint density at radius 1 is 1.12 bits per heavy atom. The SMILES string of the molecule is Cc1cc(C)nc(NCc2ccccc2Br)n1. The summed E-state index contributed by atoms with van der Waals surface area (Å²) < 4.78 is 1.09. The predicted octanol–water partition coefficient (Wildman–Crippen LogP) is 3.47. The number of nitrogens with one attached hydrogen (secondary N) is 1. The molecule has 0 atom stereocenters. The summed E-state index contributed by atoms with van der Waals surface area (Å²) in [6.45, 7) is 4.65. The van der Waals surface area contributed by atoms with Crippen LogP contribution < -0.4 is 5.32 Å². The number of hydrogen-bond donors (Lipinski definition) is 1. The van der Waals surface area contributed by atoms with Crippen molar-refractivity contribution in [3.63, 3.8) is 0 Å². The summed E-state index contributed by atoms with van der Waals surface area (Å²) in [5.74, 6) is 0.679. The first-order valence-electron chi connectivity index (χ1n) is 5.45. The Morgan fingerprint density at radius 3 is 2.41 bits per heavy atom. The van der Waals surface area contributed by atoms with Gasteiger partial charge < -0.3 is 5.32 Å². The summed E-state index contributed by atoms with van der Waals surface area (Å²) >= 11 is 3.52. The molecule has 2 rings (SSSR count). The van der Waals surface area contributed by atoms with Crippen molar-refractivity contribution in [2.24, 2.45) is 0 Å². The van der Waals surface area contributed by atoms with E-state index in [1.165, 1.54) is 5.56 Å². The summed E-state index contributed by atoms with van der Waals surface area (Å²) in [5.41, 5.74) is 3.15. The number of aryl methyl sites for hydroxylation is 2. The average Bonchev–Trinajstić information content (AvgIpc) is 2.27. The second-order valence-corrected chi connectivity index (χ2v) is 4.77. The normalized spacial score (nSPS) is 10.3. The molecule has 1 N–H and O–H groups in total. The zero-order chi connectivity index (χ0) is 12.3. The van der Waals surface area contributed by atoms with Crippen LogP contribution in [0.5, 0.6) is 0 Å². The number of hydrogen-bond acceptors (Lipinski definition) is 3. The van der Waals surface area contributed by atoms with Crippen molar-refractivity contribution in [1.29, 1.82) is 0 Å². The number of anilines is 1. The van der Waals surface area contributed by atoms with Gasteiger partial charge in [-0.2, -0.15) is 0 Å². The highest BCUT2D eigenvalue weighted by Gasteiger charge is 2.01. The van der Waals surface area contributed by atoms with E-state index in [9.17, 15) is 0 Å². The first kappa shape index (κ1) is 12.0. The standard InChI is InChI=1S/C13H14BrN3/c1-9-7-10(2)17-13(16-9)15-8-11-5-3-4-6-12(11)14/h3-7H,8H2,1-2H3,(H,15,16,17). The van der Waals surface area contributed by atoms with E-state index in [1.54, 1.807) is 0 Å². The molecule has 0 fully saturated rings. The van der Waals surface area contributed by atoms with Crippen LogP contribution in [0.4, 0.5) is 5.95 Å². The summed E-state index contributed by atoms with van der Waals surface area (Å²) in [5, 5.41) is 3.23. The molecule has 3 nitrogen and oxygen atoms in total. The highest BCUT2D eigenvalue weighted by Crippen LogP contribution is 2.16. The summed E-state index contributed by atoms with van der Waals surface area (Å²) in [7, 11) is 0. The highest BCUT2D eigenvalue weighted by atomic mass is 79.9. The van der Waals surface area contributed by atoms with Crippen molar-refractivity contribution in [1.82, 2.24) is 9.97 Å². The minimum absolute atomic E-state index is 0.679. The van der Waals surface area contributed by atoms with Gasteiger partial charge in [0.25, 0.3) is 0 Å². The molecule has 0 saturated heterocycles. The van der Waals surface area contributed by atoms with Crippen LogP contribution in [0.2, 0.25) is 0 Å². The van der Waals surface area contributed by atoms with E-state index in [4.69, 9.17) is 0 Å². The molecular formula is C13H14BrN3. The Kier molecular flexibility index (Phi) is 3.74. The van der Waals surface area contributed by atoms with E-state index in [-0.39, 0.29) is 0 Å². The van der Waals surface area contributed by atoms with Crippen LogP contribution >= 0.6 is 15.9 Å². The lowest BCUT2D eigenvalue weighted by molar-refractivity contribution is 1.00. The van der Waals surface area contributed by atoms with E-state index in [0.29, 0.717) is 12.5 Å². The largest absolute Gasteiger partial charge is 0.350 e. The Morgan fingerprint density at radius 2 is 1.76 bits per heavy atom. The maximum absolute atomic E-state index is 4.34. The molecule has 0 saturated carbocycles. The Labute approximate surface area is 109 Å². The third-order valence-corrected chi connectivity index (χ3v) is 3.15. The summed E-state index contributed by atoms with van der Waals surface area (Å²) in [6, 6.07) is 10.1. The molecule has 4 heteroatoms. The fourth-order valence-electron chi connectivity index (χ4n) is 1.62. The molecule has 2 aromatic rings. The third kappa shape index (κ3) is 3.27. The van der Waals surface area contributed by atoms with Gasteiger partial charge in [-0.05, 0) is 31.5 Å². The van der Waals surface area contributed by atoms with Crippen LogP contribution in [0.1, 0.15) is 17.0 Å². The topological polar surface area (TPSA) is 37.8 Å². The molecule has 88 valence electrons. The van der Waals surface area contributed by atoms with Gasteiger partial charge in [-0.25, -0.2) is 9.97 Å². The van der Waals surface area contributed by atoms with Gasteiger partial charge in [0.15, 0.2) is 0 Å². The van der Waals surface area contributed by atoms with Crippen molar-refractivity contribution in [2.75, 3.05) is 5.32 Å². The number of aromatic nitrogens is 2. The van der Waals surface area contributed by atoms with Crippen LogP contribution in [0.25, 0.3) is 0 Å². The lowest BCUT2D eigenvalue weighted by Gasteiger charge is -2.07. The van der Waals surface area contributed by atoms with Crippen molar-refractivity contribution < 1.29 is 0 Å². The molecular weight excluding hydrogens is 278 g/mol. The number of rotatable bonds is 3. The first-order valence-corrected chi connectivity index (χ1v) is 6.24. The molecule has 0 spiro atoms. The lowest BCUT2D eigenvalue weighted by Crippen LogP contribution is -2.05. The third-order valence-electron chi connectivity index (χ3n) is 2.38. The van der Waals surface area contributed by atoms with E-state index < -0.39 is 0 Å². The van der Waals surface area contributed by atoms with Gasteiger partial charge in [-0.1, -0.05) is 34.1 Å². The zero-order valence-electron chi connectivity index (χ0n) is 9.87. The van der Waals surface area contributed by atoms with Crippen molar-refractivity contribution in [3.8, 4) is 0 Å². The van der Waals surface area contributed by atoms with Crippen molar-refractivity contribution >= 4 is 21.9 Å². The minimum atomic E-state index is 0.679. The Bertz CT molecular complexity index is 506. The molecule has 1 heterocycles. The monoisotopic (exact) mass is 291 g/mol. The molecule has 0 aliphatic carbocycles. The smallest absolute Gasteiger partial charge is 0.223 e. The van der Waals surface area contributed by atoms with Crippen molar-refractivity contribution in [2.45, 2.75) is 20.4 Å². The summed E-state index contributed by atoms with van der Waals surface area (Å²) in [4.78, 5) is 8.68. The Hall–Kier alpha value is -1.42. The molecule has 0 radical (unpaired) electrons. The van der Waals surface area contributed by atoms with Gasteiger partial charge in [-0.3, -0.25) is 0 Å². The highest BCUT2D eigenvalue weighted by molar-refractivity contribution is 9.10. The molecule has 0 aliphatic rings. The average molecular weight is 292 g/mol. The van der Waals surface area contributed by atoms with Gasteiger partial charge in [0.2, 0.25) is 5.95 Å². The van der Waals surface area contributed by atoms with Crippen LogP contribution in [0, 0.1) is 13.8 Å². The van der Waals surface area contributed by atoms with Gasteiger partial charge in [0.1, 0.15) is 0 Å². The second-order valence-electron chi connectivity index (χ2n) is 3.92. The maximum Gasteiger partial charge on any atom is 0.223 e. The van der Waals surface area contributed by atoms with Crippen molar-refractivity contribution in [3.05, 3.63) is 51.8 Å². The van der Waals surface area contributed by atoms with Gasteiger partial charge >= 0.3 is 0 Å². The van der Waals surface area contributed by atoms with Gasteiger partial charge in [-0.15, -0.1) is 0 Å². The van der Waals surface area contributed by atoms with Crippen LogP contribution in [-0.4, -0.2) is 9.97 Å². The lowest BCUT2D eigenvalue weighted by atomic mass is 10.2. The quantitative estimate of drug-likeness (QED) is 0.941. The number of nitrogens with zero attached hydrogens (tertiary/aromatic N) is 2. The molecule has 0 bridgehead atoms. The molecule has 1 aromatic heterocycles. The van der Waals surface area contributed by atoms with Crippen LogP contribution in [0.3, 0.4) is 0 Å². The molecule has 0 aliphatic heterocycles. The van der Waals surface area contributed by atoms with E-state index in [0.717, 1.165) is 15.9 Å². The zero-order valence-corrected chi connectivity index (χ0v) is 11.5. The van der Waals surface area contributed by atoms with Gasteiger partial charge in [0, 0.05) is 22.4 Å². The molecule has 17 heavy (non-hydrogen) atoms.